The number of nitrogens with one attached hydrogen (secondary N) is 2. The number of methoxy groups -OCH3 is 2. The SMILES string of the molecule is COC1/C=C\C=C(/C)C(=O)NC2=CC(=O)C(NC(=O)c3cc(C)nn3C)=C(CC(C)CC(OC)C(O)C(C)/C=C(\C)C1OC(N)=O)C2=O. The molecule has 3 amide bonds. The van der Waals surface area contributed by atoms with Gasteiger partial charge in [-0.2, -0.15) is 5.10 Å². The molecule has 1 aliphatic heterocycles. The molecule has 1 aliphatic carbocycles. The van der Waals surface area contributed by atoms with Crippen LogP contribution in [0.5, 0.6) is 0 Å². The lowest BCUT2D eigenvalue weighted by Crippen LogP contribution is -2.39. The van der Waals surface area contributed by atoms with Crippen LogP contribution < -0.4 is 16.4 Å². The highest BCUT2D eigenvalue weighted by atomic mass is 16.6. The fourth-order valence-corrected chi connectivity index (χ4v) is 5.72. The second kappa shape index (κ2) is 16.4. The summed E-state index contributed by atoms with van der Waals surface area (Å²) < 4.78 is 18.0. The number of aliphatic hydroxyl groups is 1. The number of hydrogen-bond acceptors (Lipinski definition) is 10. The van der Waals surface area contributed by atoms with Gasteiger partial charge in [0.15, 0.2) is 6.10 Å². The van der Waals surface area contributed by atoms with Crippen molar-refractivity contribution in [1.29, 1.82) is 0 Å². The van der Waals surface area contributed by atoms with E-state index < -0.39 is 59.8 Å². The Morgan fingerprint density at radius 1 is 1.12 bits per heavy atom. The Labute approximate surface area is 279 Å². The molecule has 2 bridgehead atoms. The fraction of sp³-hybridized carbons (Fsp3) is 0.471. The second-order valence-electron chi connectivity index (χ2n) is 12.2. The van der Waals surface area contributed by atoms with Crippen molar-refractivity contribution in [3.63, 3.8) is 0 Å². The van der Waals surface area contributed by atoms with Gasteiger partial charge in [0.25, 0.3) is 11.8 Å². The molecule has 2 heterocycles. The van der Waals surface area contributed by atoms with Crippen molar-refractivity contribution in [1.82, 2.24) is 20.4 Å². The number of nitrogens with zero attached hydrogens (tertiary/aromatic N) is 2. The summed E-state index contributed by atoms with van der Waals surface area (Å²) in [5.41, 5.74) is 6.41. The molecule has 14 nitrogen and oxygen atoms in total. The van der Waals surface area contributed by atoms with E-state index in [1.807, 2.05) is 6.92 Å². The molecule has 0 radical (unpaired) electrons. The summed E-state index contributed by atoms with van der Waals surface area (Å²) >= 11 is 0. The third-order valence-corrected chi connectivity index (χ3v) is 8.27. The summed E-state index contributed by atoms with van der Waals surface area (Å²) in [6.07, 6.45) is 2.96. The molecule has 6 atom stereocenters. The Bertz CT molecular complexity index is 1600. The van der Waals surface area contributed by atoms with Crippen LogP contribution in [0.25, 0.3) is 0 Å². The molecule has 260 valence electrons. The minimum Gasteiger partial charge on any atom is -0.439 e. The third-order valence-electron chi connectivity index (χ3n) is 8.27. The molecule has 48 heavy (non-hydrogen) atoms. The normalized spacial score (nSPS) is 29.2. The van der Waals surface area contributed by atoms with Gasteiger partial charge in [-0.05, 0) is 51.2 Å². The number of nitrogens with two attached hydrogens (primary N) is 1. The van der Waals surface area contributed by atoms with Gasteiger partial charge in [0, 0.05) is 44.4 Å². The van der Waals surface area contributed by atoms with E-state index in [-0.39, 0.29) is 47.0 Å². The Balaban J connectivity index is 2.10. The van der Waals surface area contributed by atoms with Crippen LogP contribution in [0.3, 0.4) is 0 Å². The van der Waals surface area contributed by atoms with E-state index in [1.54, 1.807) is 46.0 Å². The first-order valence-corrected chi connectivity index (χ1v) is 15.5. The highest BCUT2D eigenvalue weighted by molar-refractivity contribution is 6.24. The number of ether oxygens (including phenoxy) is 3. The molecule has 0 spiro atoms. The first-order chi connectivity index (χ1) is 22.6. The standard InChI is InChI=1S/C34H45N5O9/c1-17-12-22-28(37-33(44)24-15-21(5)38-39(24)6)25(40)16-23(30(22)42)36-32(43)18(2)10-9-11-26(46-7)31(48-34(35)45)20(4)14-19(3)29(41)27(13-17)47-8/h9-11,14-17,19,26-27,29,31,41H,12-13H2,1-8H3,(H2,35,45)(H,36,43)(H,37,44)/b11-9-,18-10+,20-14+. The number of amides is 3. The summed E-state index contributed by atoms with van der Waals surface area (Å²) in [7, 11) is 4.45. The first kappa shape index (κ1) is 37.8. The number of ketones is 2. The fourth-order valence-electron chi connectivity index (χ4n) is 5.72. The van der Waals surface area contributed by atoms with Crippen molar-refractivity contribution < 1.29 is 43.3 Å². The maximum absolute atomic E-state index is 13.9. The van der Waals surface area contributed by atoms with Gasteiger partial charge >= 0.3 is 6.09 Å². The summed E-state index contributed by atoms with van der Waals surface area (Å²) in [6.45, 7) is 8.53. The van der Waals surface area contributed by atoms with E-state index >= 15 is 0 Å². The first-order valence-electron chi connectivity index (χ1n) is 15.5. The van der Waals surface area contributed by atoms with E-state index in [1.165, 1.54) is 38.0 Å². The zero-order valence-corrected chi connectivity index (χ0v) is 28.5. The molecule has 0 fully saturated rings. The number of carbonyl (C=O) groups excluding carboxylic acids is 5. The Hall–Kier alpha value is -4.66. The number of carbonyl (C=O) groups is 5. The smallest absolute Gasteiger partial charge is 0.405 e. The number of aliphatic hydroxyl groups excluding tert-OH is 1. The molecule has 5 N–H and O–H groups in total. The van der Waals surface area contributed by atoms with Gasteiger partial charge in [0.05, 0.1) is 29.3 Å². The van der Waals surface area contributed by atoms with Crippen LogP contribution in [-0.4, -0.2) is 83.0 Å². The van der Waals surface area contributed by atoms with Crippen LogP contribution in [0.15, 0.2) is 64.6 Å². The number of aryl methyl sites for hydroxylation is 2. The molecule has 2 aliphatic rings. The molecule has 6 unspecified atom stereocenters. The van der Waals surface area contributed by atoms with Gasteiger partial charge in [-0.1, -0.05) is 38.2 Å². The molecule has 0 saturated carbocycles. The predicted octanol–water partition coefficient (Wildman–Crippen LogP) is 2.23. The lowest BCUT2D eigenvalue weighted by atomic mass is 9.85. The van der Waals surface area contributed by atoms with Gasteiger partial charge in [0.1, 0.15) is 11.8 Å². The number of hydrogen-bond donors (Lipinski definition) is 4. The van der Waals surface area contributed by atoms with Gasteiger partial charge in [-0.3, -0.25) is 23.9 Å². The predicted molar refractivity (Wildman–Crippen MR) is 175 cm³/mol. The second-order valence-corrected chi connectivity index (χ2v) is 12.2. The van der Waals surface area contributed by atoms with Gasteiger partial charge in [-0.25, -0.2) is 4.79 Å². The van der Waals surface area contributed by atoms with Gasteiger partial charge in [0.2, 0.25) is 11.6 Å². The maximum atomic E-state index is 13.9. The summed E-state index contributed by atoms with van der Waals surface area (Å²) in [5.74, 6) is -3.46. The molecule has 1 aromatic heterocycles. The minimum atomic E-state index is -1.04. The maximum Gasteiger partial charge on any atom is 0.405 e. The van der Waals surface area contributed by atoms with Crippen LogP contribution in [0.1, 0.15) is 56.7 Å². The van der Waals surface area contributed by atoms with Gasteiger partial charge in [-0.15, -0.1) is 0 Å². The van der Waals surface area contributed by atoms with Gasteiger partial charge < -0.3 is 35.7 Å². The molecular weight excluding hydrogens is 622 g/mol. The van der Waals surface area contributed by atoms with Crippen LogP contribution in [0.2, 0.25) is 0 Å². The molecular formula is C34H45N5O9. The van der Waals surface area contributed by atoms with Crippen molar-refractivity contribution in [2.45, 2.75) is 71.9 Å². The van der Waals surface area contributed by atoms with Crippen LogP contribution >= 0.6 is 0 Å². The Morgan fingerprint density at radius 2 is 1.81 bits per heavy atom. The monoisotopic (exact) mass is 667 g/mol. The number of aromatic nitrogens is 2. The molecule has 1 aromatic rings. The Kier molecular flexibility index (Phi) is 12.9. The minimum absolute atomic E-state index is 0.000467. The van der Waals surface area contributed by atoms with Crippen molar-refractivity contribution in [2.75, 3.05) is 14.2 Å². The average Bonchev–Trinajstić information content (AvgIpc) is 3.37. The summed E-state index contributed by atoms with van der Waals surface area (Å²) in [5, 5.41) is 20.6. The average molecular weight is 668 g/mol. The van der Waals surface area contributed by atoms with E-state index in [9.17, 15) is 29.1 Å². The third kappa shape index (κ3) is 9.24. The summed E-state index contributed by atoms with van der Waals surface area (Å²) in [6, 6.07) is 1.55. The summed E-state index contributed by atoms with van der Waals surface area (Å²) in [4.78, 5) is 65.5. The zero-order chi connectivity index (χ0) is 35.9. The molecule has 0 saturated heterocycles. The number of Topliss-reactive ketones (excluding diaryl/α,β-unsaturated/α-hetero) is 1. The van der Waals surface area contributed by atoms with Crippen molar-refractivity contribution >= 4 is 29.5 Å². The van der Waals surface area contributed by atoms with E-state index in [0.29, 0.717) is 11.3 Å². The molecule has 0 aromatic carbocycles. The highest BCUT2D eigenvalue weighted by Gasteiger charge is 2.34. The topological polar surface area (TPSA) is 201 Å². The number of fused-ring (bicyclic) bond motifs is 2. The lowest BCUT2D eigenvalue weighted by molar-refractivity contribution is -0.120. The largest absolute Gasteiger partial charge is 0.439 e. The quantitative estimate of drug-likeness (QED) is 0.267. The number of allylic oxidation sites excluding steroid dienone is 4. The van der Waals surface area contributed by atoms with E-state index in [4.69, 9.17) is 19.9 Å². The van der Waals surface area contributed by atoms with Crippen LogP contribution in [0.4, 0.5) is 4.79 Å². The highest BCUT2D eigenvalue weighted by Crippen LogP contribution is 2.29. The number of rotatable bonds is 5. The Morgan fingerprint density at radius 3 is 2.40 bits per heavy atom. The zero-order valence-electron chi connectivity index (χ0n) is 28.5. The van der Waals surface area contributed by atoms with E-state index in [0.717, 1.165) is 6.08 Å². The van der Waals surface area contributed by atoms with Crippen molar-refractivity contribution in [3.8, 4) is 0 Å². The van der Waals surface area contributed by atoms with Crippen LogP contribution in [-0.2, 0) is 35.6 Å². The van der Waals surface area contributed by atoms with Crippen LogP contribution in [0, 0.1) is 18.8 Å². The number of primary amides is 1. The van der Waals surface area contributed by atoms with Crippen molar-refractivity contribution in [3.05, 3.63) is 75.9 Å². The van der Waals surface area contributed by atoms with E-state index in [2.05, 4.69) is 15.7 Å². The lowest BCUT2D eigenvalue weighted by Gasteiger charge is -2.30. The molecule has 3 rings (SSSR count). The van der Waals surface area contributed by atoms with Crippen molar-refractivity contribution in [2.24, 2.45) is 24.6 Å². The molecule has 14 heteroatoms.